The number of carbonyl (C=O) groups excluding carboxylic acids is 1. The van der Waals surface area contributed by atoms with Crippen LogP contribution in [0, 0.1) is 0 Å². The van der Waals surface area contributed by atoms with Gasteiger partial charge in [-0.1, -0.05) is 11.6 Å². The normalized spacial score (nSPS) is 10.1. The molecule has 110 valence electrons. The van der Waals surface area contributed by atoms with Crippen LogP contribution < -0.4 is 10.1 Å². The molecule has 0 radical (unpaired) electrons. The van der Waals surface area contributed by atoms with Gasteiger partial charge in [0.05, 0.1) is 0 Å². The van der Waals surface area contributed by atoms with Crippen molar-refractivity contribution in [3.8, 4) is 5.75 Å². The van der Waals surface area contributed by atoms with Gasteiger partial charge in [-0.25, -0.2) is 4.79 Å². The smallest absolute Gasteiger partial charge is 0.339 e. The van der Waals surface area contributed by atoms with Crippen molar-refractivity contribution < 1.29 is 24.2 Å². The second-order valence-electron chi connectivity index (χ2n) is 3.93. The highest BCUT2D eigenvalue weighted by Gasteiger charge is 2.13. The van der Waals surface area contributed by atoms with E-state index in [2.05, 4.69) is 5.32 Å². The first kappa shape index (κ1) is 16.3. The zero-order chi connectivity index (χ0) is 15.0. The number of halogens is 1. The zero-order valence-corrected chi connectivity index (χ0v) is 11.8. The van der Waals surface area contributed by atoms with Crippen molar-refractivity contribution in [2.75, 3.05) is 26.9 Å². The van der Waals surface area contributed by atoms with Crippen molar-refractivity contribution in [1.82, 2.24) is 5.32 Å². The molecular weight excluding hydrogens is 286 g/mol. The van der Waals surface area contributed by atoms with Crippen molar-refractivity contribution >= 4 is 23.5 Å². The van der Waals surface area contributed by atoms with Crippen LogP contribution in [0.2, 0.25) is 5.02 Å². The summed E-state index contributed by atoms with van der Waals surface area (Å²) in [5, 5.41) is 11.9. The molecule has 0 aromatic heterocycles. The fourth-order valence-electron chi connectivity index (χ4n) is 1.43. The summed E-state index contributed by atoms with van der Waals surface area (Å²) >= 11 is 5.77. The molecule has 6 nitrogen and oxygen atoms in total. The molecule has 0 bridgehead atoms. The Balaban J connectivity index is 2.50. The van der Waals surface area contributed by atoms with Gasteiger partial charge >= 0.3 is 5.97 Å². The number of amides is 1. The second-order valence-corrected chi connectivity index (χ2v) is 4.37. The predicted molar refractivity (Wildman–Crippen MR) is 73.4 cm³/mol. The van der Waals surface area contributed by atoms with E-state index in [0.29, 0.717) is 24.6 Å². The Morgan fingerprint density at radius 2 is 2.15 bits per heavy atom. The SMILES string of the molecule is COCCCNC(=O)COc1cc(Cl)ccc1C(=O)O. The van der Waals surface area contributed by atoms with E-state index in [1.807, 2.05) is 0 Å². The van der Waals surface area contributed by atoms with Gasteiger partial charge < -0.3 is 19.9 Å². The van der Waals surface area contributed by atoms with Gasteiger partial charge in [0.25, 0.3) is 5.91 Å². The number of methoxy groups -OCH3 is 1. The van der Waals surface area contributed by atoms with E-state index in [1.165, 1.54) is 18.2 Å². The molecule has 1 amide bonds. The Bertz CT molecular complexity index is 478. The molecule has 0 saturated carbocycles. The van der Waals surface area contributed by atoms with Crippen molar-refractivity contribution in [3.63, 3.8) is 0 Å². The maximum atomic E-state index is 11.5. The number of ether oxygens (including phenoxy) is 2. The van der Waals surface area contributed by atoms with Crippen LogP contribution in [0.3, 0.4) is 0 Å². The van der Waals surface area contributed by atoms with Crippen molar-refractivity contribution in [1.29, 1.82) is 0 Å². The van der Waals surface area contributed by atoms with Crippen molar-refractivity contribution in [2.45, 2.75) is 6.42 Å². The molecule has 0 fully saturated rings. The largest absolute Gasteiger partial charge is 0.483 e. The monoisotopic (exact) mass is 301 g/mol. The summed E-state index contributed by atoms with van der Waals surface area (Å²) in [6.45, 7) is 0.754. The average molecular weight is 302 g/mol. The minimum atomic E-state index is -1.14. The van der Waals surface area contributed by atoms with E-state index in [1.54, 1.807) is 7.11 Å². The van der Waals surface area contributed by atoms with Gasteiger partial charge in [-0.05, 0) is 24.6 Å². The lowest BCUT2D eigenvalue weighted by molar-refractivity contribution is -0.123. The lowest BCUT2D eigenvalue weighted by Gasteiger charge is -2.10. The minimum Gasteiger partial charge on any atom is -0.483 e. The highest BCUT2D eigenvalue weighted by atomic mass is 35.5. The van der Waals surface area contributed by atoms with Gasteiger partial charge in [0.15, 0.2) is 6.61 Å². The van der Waals surface area contributed by atoms with E-state index in [0.717, 1.165) is 0 Å². The van der Waals surface area contributed by atoms with Crippen LogP contribution in [0.1, 0.15) is 16.8 Å². The van der Waals surface area contributed by atoms with Gasteiger partial charge in [0.2, 0.25) is 0 Å². The lowest BCUT2D eigenvalue weighted by Crippen LogP contribution is -2.30. The first-order valence-corrected chi connectivity index (χ1v) is 6.33. The number of hydrogen-bond donors (Lipinski definition) is 2. The van der Waals surface area contributed by atoms with E-state index >= 15 is 0 Å². The van der Waals surface area contributed by atoms with Gasteiger partial charge in [-0.15, -0.1) is 0 Å². The molecule has 1 rings (SSSR count). The quantitative estimate of drug-likeness (QED) is 0.712. The van der Waals surface area contributed by atoms with Crippen LogP contribution in [0.15, 0.2) is 18.2 Å². The molecule has 20 heavy (non-hydrogen) atoms. The van der Waals surface area contributed by atoms with Crippen molar-refractivity contribution in [2.24, 2.45) is 0 Å². The molecule has 0 aliphatic rings. The maximum Gasteiger partial charge on any atom is 0.339 e. The minimum absolute atomic E-state index is 0.0402. The number of nitrogens with one attached hydrogen (secondary N) is 1. The predicted octanol–water partition coefficient (Wildman–Crippen LogP) is 1.57. The molecule has 0 aliphatic carbocycles. The Hall–Kier alpha value is -1.79. The number of carboxylic acids is 1. The summed E-state index contributed by atoms with van der Waals surface area (Å²) in [5.74, 6) is -1.41. The molecule has 1 aromatic carbocycles. The average Bonchev–Trinajstić information content (AvgIpc) is 2.41. The number of carboxylic acid groups (broad SMARTS) is 1. The summed E-state index contributed by atoms with van der Waals surface area (Å²) in [5.41, 5.74) is -0.0402. The molecule has 0 aliphatic heterocycles. The first-order valence-electron chi connectivity index (χ1n) is 5.96. The summed E-state index contributed by atoms with van der Waals surface area (Å²) in [4.78, 5) is 22.5. The first-order chi connectivity index (χ1) is 9.54. The van der Waals surface area contributed by atoms with E-state index in [4.69, 9.17) is 26.2 Å². The molecule has 1 aromatic rings. The molecule has 0 unspecified atom stereocenters. The Morgan fingerprint density at radius 3 is 2.80 bits per heavy atom. The van der Waals surface area contributed by atoms with E-state index < -0.39 is 5.97 Å². The molecular formula is C13H16ClNO5. The Morgan fingerprint density at radius 1 is 1.40 bits per heavy atom. The lowest BCUT2D eigenvalue weighted by atomic mass is 10.2. The summed E-state index contributed by atoms with van der Waals surface area (Å²) < 4.78 is 10.0. The highest BCUT2D eigenvalue weighted by Crippen LogP contribution is 2.23. The number of hydrogen-bond acceptors (Lipinski definition) is 4. The maximum absolute atomic E-state index is 11.5. The third-order valence-electron chi connectivity index (χ3n) is 2.38. The van der Waals surface area contributed by atoms with Gasteiger partial charge in [-0.2, -0.15) is 0 Å². The number of rotatable bonds is 8. The third-order valence-corrected chi connectivity index (χ3v) is 2.62. The molecule has 0 spiro atoms. The zero-order valence-electron chi connectivity index (χ0n) is 11.0. The summed E-state index contributed by atoms with van der Waals surface area (Å²) in [6, 6.07) is 4.14. The fraction of sp³-hybridized carbons (Fsp3) is 0.385. The molecule has 2 N–H and O–H groups in total. The highest BCUT2D eigenvalue weighted by molar-refractivity contribution is 6.30. The standard InChI is InChI=1S/C13H16ClNO5/c1-19-6-2-5-15-12(16)8-20-11-7-9(14)3-4-10(11)13(17)18/h3-4,7H,2,5-6,8H2,1H3,(H,15,16)(H,17,18). The van der Waals surface area contributed by atoms with Crippen LogP contribution in [0.5, 0.6) is 5.75 Å². The van der Waals surface area contributed by atoms with Crippen LogP contribution >= 0.6 is 11.6 Å². The molecule has 0 atom stereocenters. The van der Waals surface area contributed by atoms with Crippen LogP contribution in [-0.4, -0.2) is 43.9 Å². The van der Waals surface area contributed by atoms with Crippen LogP contribution in [0.25, 0.3) is 0 Å². The molecule has 0 saturated heterocycles. The molecule has 7 heteroatoms. The van der Waals surface area contributed by atoms with Crippen molar-refractivity contribution in [3.05, 3.63) is 28.8 Å². The molecule has 0 heterocycles. The van der Waals surface area contributed by atoms with Gasteiger partial charge in [0, 0.05) is 25.3 Å². The number of benzene rings is 1. The Kier molecular flexibility index (Phi) is 6.83. The Labute approximate surface area is 121 Å². The van der Waals surface area contributed by atoms with Crippen LogP contribution in [0.4, 0.5) is 0 Å². The summed E-state index contributed by atoms with van der Waals surface area (Å²) in [7, 11) is 1.58. The summed E-state index contributed by atoms with van der Waals surface area (Å²) in [6.07, 6.45) is 0.694. The van der Waals surface area contributed by atoms with E-state index in [9.17, 15) is 9.59 Å². The number of carbonyl (C=O) groups is 2. The third kappa shape index (κ3) is 5.46. The topological polar surface area (TPSA) is 84.9 Å². The fourth-order valence-corrected chi connectivity index (χ4v) is 1.59. The van der Waals surface area contributed by atoms with Gasteiger partial charge in [-0.3, -0.25) is 4.79 Å². The second kappa shape index (κ2) is 8.39. The van der Waals surface area contributed by atoms with E-state index in [-0.39, 0.29) is 23.8 Å². The van der Waals surface area contributed by atoms with Gasteiger partial charge in [0.1, 0.15) is 11.3 Å². The number of aromatic carboxylic acids is 1. The van der Waals surface area contributed by atoms with Crippen LogP contribution in [-0.2, 0) is 9.53 Å².